The molecule has 0 spiro atoms. The molecule has 1 aliphatic rings. The molecule has 0 atom stereocenters. The number of fused-ring (bicyclic) bond motifs is 6. The Bertz CT molecular complexity index is 1480. The van der Waals surface area contributed by atoms with Gasteiger partial charge in [-0.25, -0.2) is 4.98 Å². The molecule has 0 amide bonds. The Morgan fingerprint density at radius 2 is 1.73 bits per heavy atom. The quantitative estimate of drug-likeness (QED) is 0.333. The summed E-state index contributed by atoms with van der Waals surface area (Å²) in [5.41, 5.74) is 9.90. The summed E-state index contributed by atoms with van der Waals surface area (Å²) < 4.78 is 6.39. The first-order valence-corrected chi connectivity index (χ1v) is 10.2. The topological polar surface area (TPSA) is 51.8 Å². The van der Waals surface area contributed by atoms with E-state index in [1.54, 1.807) is 0 Å². The molecular weight excluding hydrogens is 370 g/mol. The van der Waals surface area contributed by atoms with E-state index in [4.69, 9.17) is 9.40 Å². The molecule has 0 N–H and O–H groups in total. The first kappa shape index (κ1) is 17.3. The third-order valence-electron chi connectivity index (χ3n) is 6.29. The molecule has 4 aromatic heterocycles. The van der Waals surface area contributed by atoms with Gasteiger partial charge in [-0.05, 0) is 57.0 Å². The molecule has 0 saturated carbocycles. The van der Waals surface area contributed by atoms with Gasteiger partial charge in [0, 0.05) is 39.9 Å². The average molecular weight is 391 g/mol. The predicted molar refractivity (Wildman–Crippen MR) is 120 cm³/mol. The summed E-state index contributed by atoms with van der Waals surface area (Å²) >= 11 is 0. The summed E-state index contributed by atoms with van der Waals surface area (Å²) in [6.07, 6.45) is 3.76. The third-order valence-corrected chi connectivity index (χ3v) is 6.29. The fourth-order valence-corrected chi connectivity index (χ4v) is 4.71. The molecule has 1 aliphatic carbocycles. The number of aromatic nitrogens is 3. The summed E-state index contributed by atoms with van der Waals surface area (Å²) in [6, 6.07) is 14.8. The van der Waals surface area contributed by atoms with Gasteiger partial charge < -0.3 is 4.42 Å². The van der Waals surface area contributed by atoms with E-state index in [1.165, 1.54) is 0 Å². The van der Waals surface area contributed by atoms with E-state index in [0.29, 0.717) is 5.71 Å². The van der Waals surface area contributed by atoms with Crippen LogP contribution in [0.2, 0.25) is 0 Å². The van der Waals surface area contributed by atoms with Crippen molar-refractivity contribution >= 4 is 22.1 Å². The number of hydrogen-bond donors (Lipinski definition) is 0. The van der Waals surface area contributed by atoms with E-state index in [9.17, 15) is 0 Å². The SMILES string of the molecule is Cc1ccc(-c2c(C)ccc3c2oc2nc4c(cc23)-c2cccnc2C4(C)C)nc1. The lowest BCUT2D eigenvalue weighted by molar-refractivity contribution is 0.601. The van der Waals surface area contributed by atoms with Crippen molar-refractivity contribution in [3.05, 3.63) is 77.4 Å². The lowest BCUT2D eigenvalue weighted by Crippen LogP contribution is -2.18. The fourth-order valence-electron chi connectivity index (χ4n) is 4.71. The normalized spacial score (nSPS) is 14.3. The summed E-state index contributed by atoms with van der Waals surface area (Å²) in [7, 11) is 0. The van der Waals surface area contributed by atoms with Crippen molar-refractivity contribution in [2.45, 2.75) is 33.1 Å². The molecule has 146 valence electrons. The maximum absolute atomic E-state index is 6.39. The van der Waals surface area contributed by atoms with E-state index in [0.717, 1.165) is 61.3 Å². The van der Waals surface area contributed by atoms with Crippen LogP contribution in [0.5, 0.6) is 0 Å². The highest BCUT2D eigenvalue weighted by atomic mass is 16.3. The average Bonchev–Trinajstić information content (AvgIpc) is 3.21. The van der Waals surface area contributed by atoms with Crippen LogP contribution in [0.1, 0.15) is 36.4 Å². The highest BCUT2D eigenvalue weighted by Gasteiger charge is 2.39. The minimum Gasteiger partial charge on any atom is -0.437 e. The molecule has 0 aliphatic heterocycles. The molecular formula is C26H21N3O. The van der Waals surface area contributed by atoms with Crippen LogP contribution in [0, 0.1) is 13.8 Å². The zero-order valence-corrected chi connectivity index (χ0v) is 17.4. The van der Waals surface area contributed by atoms with Crippen LogP contribution in [-0.2, 0) is 5.41 Å². The Morgan fingerprint density at radius 3 is 2.53 bits per heavy atom. The maximum atomic E-state index is 6.39. The Morgan fingerprint density at radius 1 is 0.867 bits per heavy atom. The number of pyridine rings is 3. The molecule has 4 nitrogen and oxygen atoms in total. The van der Waals surface area contributed by atoms with Gasteiger partial charge in [-0.2, -0.15) is 0 Å². The number of hydrogen-bond acceptors (Lipinski definition) is 4. The highest BCUT2D eigenvalue weighted by Crippen LogP contribution is 2.48. The second-order valence-corrected chi connectivity index (χ2v) is 8.72. The molecule has 0 radical (unpaired) electrons. The van der Waals surface area contributed by atoms with Crippen molar-refractivity contribution in [1.82, 2.24) is 15.0 Å². The molecule has 1 aromatic carbocycles. The molecule has 0 fully saturated rings. The second-order valence-electron chi connectivity index (χ2n) is 8.72. The van der Waals surface area contributed by atoms with E-state index >= 15 is 0 Å². The van der Waals surface area contributed by atoms with E-state index < -0.39 is 0 Å². The van der Waals surface area contributed by atoms with E-state index in [1.807, 2.05) is 25.4 Å². The van der Waals surface area contributed by atoms with Crippen LogP contribution in [0.15, 0.2) is 59.3 Å². The van der Waals surface area contributed by atoms with Gasteiger partial charge in [0.25, 0.3) is 0 Å². The van der Waals surface area contributed by atoms with Crippen LogP contribution in [0.3, 0.4) is 0 Å². The van der Waals surface area contributed by atoms with Crippen LogP contribution in [0.4, 0.5) is 0 Å². The monoisotopic (exact) mass is 391 g/mol. The van der Waals surface area contributed by atoms with Crippen LogP contribution in [-0.4, -0.2) is 15.0 Å². The summed E-state index contributed by atoms with van der Waals surface area (Å²) in [5.74, 6) is 0. The number of rotatable bonds is 1. The van der Waals surface area contributed by atoms with Gasteiger partial charge in [-0.1, -0.05) is 24.3 Å². The zero-order valence-electron chi connectivity index (χ0n) is 17.4. The predicted octanol–water partition coefficient (Wildman–Crippen LogP) is 6.36. The van der Waals surface area contributed by atoms with E-state index in [-0.39, 0.29) is 5.41 Å². The van der Waals surface area contributed by atoms with Crippen LogP contribution >= 0.6 is 0 Å². The minimum atomic E-state index is -0.254. The van der Waals surface area contributed by atoms with Crippen LogP contribution < -0.4 is 0 Å². The lowest BCUT2D eigenvalue weighted by atomic mass is 9.89. The maximum Gasteiger partial charge on any atom is 0.227 e. The smallest absolute Gasteiger partial charge is 0.227 e. The molecule has 0 saturated heterocycles. The fraction of sp³-hybridized carbons (Fsp3) is 0.192. The van der Waals surface area contributed by atoms with Gasteiger partial charge in [0.15, 0.2) is 0 Å². The lowest BCUT2D eigenvalue weighted by Gasteiger charge is -2.18. The molecule has 4 heteroatoms. The molecule has 4 heterocycles. The Labute approximate surface area is 174 Å². The van der Waals surface area contributed by atoms with Crippen molar-refractivity contribution in [2.24, 2.45) is 0 Å². The Hall–Kier alpha value is -3.53. The summed E-state index contributed by atoms with van der Waals surface area (Å²) in [6.45, 7) is 8.50. The minimum absolute atomic E-state index is 0.254. The molecule has 6 rings (SSSR count). The standard InChI is InChI=1S/C26H21N3O/c1-14-7-10-20(28-13-14)21-15(2)8-9-16-19-12-18-17-6-5-11-27-23(17)26(3,4)24(18)29-25(19)30-22(16)21/h5-13H,1-4H3. The van der Waals surface area contributed by atoms with Crippen molar-refractivity contribution in [2.75, 3.05) is 0 Å². The second kappa shape index (κ2) is 5.76. The molecule has 0 unspecified atom stereocenters. The highest BCUT2D eigenvalue weighted by molar-refractivity contribution is 6.10. The Kier molecular flexibility index (Phi) is 3.33. The molecule has 5 aromatic rings. The van der Waals surface area contributed by atoms with Crippen molar-refractivity contribution in [3.63, 3.8) is 0 Å². The van der Waals surface area contributed by atoms with Crippen molar-refractivity contribution in [3.8, 4) is 22.4 Å². The molecule has 0 bridgehead atoms. The van der Waals surface area contributed by atoms with Gasteiger partial charge in [-0.15, -0.1) is 0 Å². The number of nitrogens with zero attached hydrogens (tertiary/aromatic N) is 3. The Balaban J connectivity index is 1.69. The van der Waals surface area contributed by atoms with Crippen molar-refractivity contribution in [1.29, 1.82) is 0 Å². The van der Waals surface area contributed by atoms with Crippen LogP contribution in [0.25, 0.3) is 44.5 Å². The molecule has 30 heavy (non-hydrogen) atoms. The van der Waals surface area contributed by atoms with Gasteiger partial charge in [-0.3, -0.25) is 9.97 Å². The number of furan rings is 1. The largest absolute Gasteiger partial charge is 0.437 e. The van der Waals surface area contributed by atoms with Crippen molar-refractivity contribution < 1.29 is 4.42 Å². The number of aryl methyl sites for hydroxylation is 2. The van der Waals surface area contributed by atoms with Gasteiger partial charge in [0.1, 0.15) is 5.58 Å². The van der Waals surface area contributed by atoms with Gasteiger partial charge in [0.05, 0.1) is 22.5 Å². The number of benzene rings is 1. The van der Waals surface area contributed by atoms with Gasteiger partial charge >= 0.3 is 0 Å². The van der Waals surface area contributed by atoms with Gasteiger partial charge in [0.2, 0.25) is 5.71 Å². The summed E-state index contributed by atoms with van der Waals surface area (Å²) in [4.78, 5) is 14.3. The van der Waals surface area contributed by atoms with E-state index in [2.05, 4.69) is 67.1 Å². The third kappa shape index (κ3) is 2.19. The zero-order chi connectivity index (χ0) is 20.6. The first-order chi connectivity index (χ1) is 14.4. The summed E-state index contributed by atoms with van der Waals surface area (Å²) in [5, 5.41) is 2.10. The first-order valence-electron chi connectivity index (χ1n) is 10.2.